The Balaban J connectivity index is 1.38. The molecule has 1 aromatic carbocycles. The molecule has 1 saturated heterocycles. The molecular formula is C25H31N5OS. The first-order valence-electron chi connectivity index (χ1n) is 11.8. The number of hydrogen-bond donors (Lipinski definition) is 1. The summed E-state index contributed by atoms with van der Waals surface area (Å²) in [5.74, 6) is 2.79. The summed E-state index contributed by atoms with van der Waals surface area (Å²) in [6.45, 7) is 7.50. The van der Waals surface area contributed by atoms with E-state index in [-0.39, 0.29) is 6.03 Å². The van der Waals surface area contributed by atoms with Crippen LogP contribution in [-0.2, 0) is 19.3 Å². The average molecular weight is 450 g/mol. The highest BCUT2D eigenvalue weighted by atomic mass is 32.1. The number of para-hydroxylation sites is 1. The third kappa shape index (κ3) is 4.18. The standard InChI is InChI=1S/C25H31N5OS/c1-3-7-21-27-23(22-19-11-10-17(2)16-20(19)32-24(22)28-21)29-12-14-30(15-13-29)25(31)26-18-8-5-4-6-9-18/h4-6,8-9,17H,3,7,10-16H2,1-2H3,(H,26,31)/t17-/m0/s1. The summed E-state index contributed by atoms with van der Waals surface area (Å²) >= 11 is 1.88. The van der Waals surface area contributed by atoms with Gasteiger partial charge in [-0.15, -0.1) is 11.3 Å². The van der Waals surface area contributed by atoms with Crippen LogP contribution in [-0.4, -0.2) is 47.1 Å². The van der Waals surface area contributed by atoms with Crippen LogP contribution in [0.1, 0.15) is 43.0 Å². The van der Waals surface area contributed by atoms with Gasteiger partial charge in [0.15, 0.2) is 0 Å². The van der Waals surface area contributed by atoms with Gasteiger partial charge in [-0.2, -0.15) is 0 Å². The van der Waals surface area contributed by atoms with E-state index in [0.29, 0.717) is 13.1 Å². The van der Waals surface area contributed by atoms with Gasteiger partial charge in [-0.1, -0.05) is 32.0 Å². The van der Waals surface area contributed by atoms with Crippen LogP contribution in [0.3, 0.4) is 0 Å². The zero-order valence-corrected chi connectivity index (χ0v) is 19.7. The highest BCUT2D eigenvalue weighted by molar-refractivity contribution is 7.19. The lowest BCUT2D eigenvalue weighted by atomic mass is 9.89. The SMILES string of the molecule is CCCc1nc(N2CCN(C(=O)Nc3ccccc3)CC2)c2c3c(sc2n1)C[C@@H](C)CC3. The zero-order chi connectivity index (χ0) is 22.1. The van der Waals surface area contributed by atoms with E-state index in [9.17, 15) is 4.79 Å². The molecule has 7 heteroatoms. The minimum Gasteiger partial charge on any atom is -0.352 e. The van der Waals surface area contributed by atoms with Crippen molar-refractivity contribution in [2.75, 3.05) is 36.4 Å². The molecule has 5 rings (SSSR count). The normalized spacial score (nSPS) is 18.6. The van der Waals surface area contributed by atoms with Crippen LogP contribution in [0.2, 0.25) is 0 Å². The van der Waals surface area contributed by atoms with Gasteiger partial charge in [0.2, 0.25) is 0 Å². The number of anilines is 2. The lowest BCUT2D eigenvalue weighted by Crippen LogP contribution is -2.50. The maximum absolute atomic E-state index is 12.7. The van der Waals surface area contributed by atoms with Crippen LogP contribution < -0.4 is 10.2 Å². The van der Waals surface area contributed by atoms with Gasteiger partial charge < -0.3 is 15.1 Å². The first kappa shape index (κ1) is 21.2. The maximum atomic E-state index is 12.7. The number of aryl methyl sites for hydroxylation is 2. The average Bonchev–Trinajstić information content (AvgIpc) is 3.17. The Bertz CT molecular complexity index is 1100. The topological polar surface area (TPSA) is 61.4 Å². The number of hydrogen-bond acceptors (Lipinski definition) is 5. The molecule has 2 aliphatic rings. The van der Waals surface area contributed by atoms with Gasteiger partial charge in [-0.25, -0.2) is 14.8 Å². The summed E-state index contributed by atoms with van der Waals surface area (Å²) < 4.78 is 0. The van der Waals surface area contributed by atoms with Gasteiger partial charge in [0.05, 0.1) is 5.39 Å². The summed E-state index contributed by atoms with van der Waals surface area (Å²) in [5, 5.41) is 4.28. The number of benzene rings is 1. The number of urea groups is 1. The molecule has 1 aliphatic heterocycles. The fourth-order valence-electron chi connectivity index (χ4n) is 4.78. The van der Waals surface area contributed by atoms with Crippen molar-refractivity contribution in [2.24, 2.45) is 5.92 Å². The molecule has 0 saturated carbocycles. The van der Waals surface area contributed by atoms with Gasteiger partial charge in [0, 0.05) is 43.2 Å². The fraction of sp³-hybridized carbons (Fsp3) is 0.480. The number of rotatable bonds is 4. The number of thiophene rings is 1. The smallest absolute Gasteiger partial charge is 0.321 e. The Hall–Kier alpha value is -2.67. The van der Waals surface area contributed by atoms with Crippen LogP contribution >= 0.6 is 11.3 Å². The second kappa shape index (κ2) is 9.06. The molecule has 1 atom stereocenters. The third-order valence-electron chi connectivity index (χ3n) is 6.55. The summed E-state index contributed by atoms with van der Waals surface area (Å²) in [6, 6.07) is 9.63. The number of amides is 2. The quantitative estimate of drug-likeness (QED) is 0.600. The van der Waals surface area contributed by atoms with E-state index in [2.05, 4.69) is 24.1 Å². The summed E-state index contributed by atoms with van der Waals surface area (Å²) in [6.07, 6.45) is 5.47. The molecule has 32 heavy (non-hydrogen) atoms. The van der Waals surface area contributed by atoms with Crippen LogP contribution in [0.4, 0.5) is 16.3 Å². The molecule has 1 fully saturated rings. The van der Waals surface area contributed by atoms with Crippen molar-refractivity contribution in [3.8, 4) is 0 Å². The van der Waals surface area contributed by atoms with Crippen molar-refractivity contribution in [2.45, 2.75) is 46.0 Å². The second-order valence-electron chi connectivity index (χ2n) is 9.02. The molecule has 3 heterocycles. The molecule has 2 amide bonds. The number of nitrogens with zero attached hydrogens (tertiary/aromatic N) is 4. The van der Waals surface area contributed by atoms with Crippen molar-refractivity contribution in [3.63, 3.8) is 0 Å². The molecular weight excluding hydrogens is 418 g/mol. The fourth-order valence-corrected chi connectivity index (χ4v) is 6.17. The van der Waals surface area contributed by atoms with Crippen LogP contribution in [0.15, 0.2) is 30.3 Å². The van der Waals surface area contributed by atoms with Crippen LogP contribution in [0.25, 0.3) is 10.2 Å². The van der Waals surface area contributed by atoms with E-state index in [0.717, 1.165) is 66.9 Å². The largest absolute Gasteiger partial charge is 0.352 e. The first-order valence-corrected chi connectivity index (χ1v) is 12.6. The van der Waals surface area contributed by atoms with Crippen molar-refractivity contribution < 1.29 is 4.79 Å². The monoisotopic (exact) mass is 449 g/mol. The van der Waals surface area contributed by atoms with Crippen molar-refractivity contribution >= 4 is 39.1 Å². The number of carbonyl (C=O) groups is 1. The number of aromatic nitrogens is 2. The Morgan fingerprint density at radius 2 is 1.94 bits per heavy atom. The van der Waals surface area contributed by atoms with Crippen LogP contribution in [0, 0.1) is 5.92 Å². The van der Waals surface area contributed by atoms with Gasteiger partial charge in [-0.05, 0) is 49.3 Å². The highest BCUT2D eigenvalue weighted by Gasteiger charge is 2.28. The Morgan fingerprint density at radius 3 is 2.69 bits per heavy atom. The molecule has 0 spiro atoms. The lowest BCUT2D eigenvalue weighted by Gasteiger charge is -2.36. The minimum atomic E-state index is -0.0303. The van der Waals surface area contributed by atoms with Gasteiger partial charge in [-0.3, -0.25) is 0 Å². The number of fused-ring (bicyclic) bond motifs is 3. The summed E-state index contributed by atoms with van der Waals surface area (Å²) in [4.78, 5) is 29.7. The van der Waals surface area contributed by atoms with E-state index < -0.39 is 0 Å². The molecule has 2 aromatic heterocycles. The molecule has 168 valence electrons. The van der Waals surface area contributed by atoms with E-state index in [4.69, 9.17) is 9.97 Å². The van der Waals surface area contributed by atoms with Crippen molar-refractivity contribution in [3.05, 3.63) is 46.6 Å². The number of carbonyl (C=O) groups excluding carboxylic acids is 1. The highest BCUT2D eigenvalue weighted by Crippen LogP contribution is 2.41. The van der Waals surface area contributed by atoms with Crippen LogP contribution in [0.5, 0.6) is 0 Å². The Kier molecular flexibility index (Phi) is 6.00. The van der Waals surface area contributed by atoms with E-state index in [1.807, 2.05) is 46.6 Å². The molecule has 0 radical (unpaired) electrons. The Labute approximate surface area is 193 Å². The molecule has 3 aromatic rings. The summed E-state index contributed by atoms with van der Waals surface area (Å²) in [7, 11) is 0. The van der Waals surface area contributed by atoms with Crippen molar-refractivity contribution in [1.82, 2.24) is 14.9 Å². The minimum absolute atomic E-state index is 0.0303. The van der Waals surface area contributed by atoms with Crippen molar-refractivity contribution in [1.29, 1.82) is 0 Å². The number of nitrogens with one attached hydrogen (secondary N) is 1. The lowest BCUT2D eigenvalue weighted by molar-refractivity contribution is 0.208. The molecule has 0 bridgehead atoms. The van der Waals surface area contributed by atoms with E-state index in [1.165, 1.54) is 22.2 Å². The van der Waals surface area contributed by atoms with Gasteiger partial charge in [0.25, 0.3) is 0 Å². The third-order valence-corrected chi connectivity index (χ3v) is 7.70. The van der Waals surface area contributed by atoms with E-state index in [1.54, 1.807) is 0 Å². The number of piperazine rings is 1. The Morgan fingerprint density at radius 1 is 1.16 bits per heavy atom. The molecule has 0 unspecified atom stereocenters. The second-order valence-corrected chi connectivity index (χ2v) is 10.1. The summed E-state index contributed by atoms with van der Waals surface area (Å²) in [5.41, 5.74) is 2.31. The molecule has 1 aliphatic carbocycles. The zero-order valence-electron chi connectivity index (χ0n) is 18.9. The predicted octanol–water partition coefficient (Wildman–Crippen LogP) is 5.12. The maximum Gasteiger partial charge on any atom is 0.321 e. The molecule has 1 N–H and O–H groups in total. The van der Waals surface area contributed by atoms with Gasteiger partial charge >= 0.3 is 6.03 Å². The van der Waals surface area contributed by atoms with Gasteiger partial charge in [0.1, 0.15) is 16.5 Å². The first-order chi connectivity index (χ1) is 15.6. The van der Waals surface area contributed by atoms with E-state index >= 15 is 0 Å². The predicted molar refractivity (Wildman–Crippen MR) is 132 cm³/mol. The molecule has 6 nitrogen and oxygen atoms in total.